The summed E-state index contributed by atoms with van der Waals surface area (Å²) >= 11 is 0. The molecule has 0 aliphatic carbocycles. The van der Waals surface area contributed by atoms with E-state index in [1.807, 2.05) is 48.5 Å². The summed E-state index contributed by atoms with van der Waals surface area (Å²) in [6.45, 7) is 0. The Morgan fingerprint density at radius 3 is 1.52 bits per heavy atom. The first kappa shape index (κ1) is 12.1. The van der Waals surface area contributed by atoms with E-state index in [4.69, 9.17) is 0 Å². The summed E-state index contributed by atoms with van der Waals surface area (Å²) in [7, 11) is 3.45. The molecule has 0 saturated carbocycles. The minimum Gasteiger partial charge on any atom is -0.314 e. The van der Waals surface area contributed by atoms with Crippen LogP contribution in [-0.2, 0) is 15.0 Å². The summed E-state index contributed by atoms with van der Waals surface area (Å²) in [6.07, 6.45) is 0. The fraction of sp³-hybridized carbons (Fsp3) is 0.176. The van der Waals surface area contributed by atoms with Crippen molar-refractivity contribution < 1.29 is 9.59 Å². The molecular formula is C17H14N2O2. The molecule has 0 saturated heterocycles. The van der Waals surface area contributed by atoms with Crippen LogP contribution in [0.1, 0.15) is 11.1 Å². The molecule has 0 aromatic heterocycles. The summed E-state index contributed by atoms with van der Waals surface area (Å²) in [5.74, 6) is -0.351. The molecule has 2 aliphatic heterocycles. The largest absolute Gasteiger partial charge is 0.314 e. The molecule has 2 heterocycles. The van der Waals surface area contributed by atoms with Crippen molar-refractivity contribution in [2.45, 2.75) is 5.41 Å². The average Bonchev–Trinajstić information content (AvgIpc) is 2.89. The predicted octanol–water partition coefficient (Wildman–Crippen LogP) is 1.93. The number of para-hydroxylation sites is 2. The van der Waals surface area contributed by atoms with Crippen LogP contribution in [0.3, 0.4) is 0 Å². The van der Waals surface area contributed by atoms with Crippen LogP contribution in [0.15, 0.2) is 48.5 Å². The van der Waals surface area contributed by atoms with Crippen LogP contribution in [0.2, 0.25) is 0 Å². The summed E-state index contributed by atoms with van der Waals surface area (Å²) in [5, 5.41) is 0. The number of amides is 2. The van der Waals surface area contributed by atoms with E-state index in [0.717, 1.165) is 22.5 Å². The third-order valence-electron chi connectivity index (χ3n) is 4.59. The normalized spacial score (nSPS) is 18.4. The molecule has 0 atom stereocenters. The lowest BCUT2D eigenvalue weighted by molar-refractivity contribution is -0.130. The highest BCUT2D eigenvalue weighted by molar-refractivity contribution is 6.30. The Balaban J connectivity index is 2.13. The van der Waals surface area contributed by atoms with Gasteiger partial charge in [0.25, 0.3) is 11.8 Å². The Kier molecular flexibility index (Phi) is 2.15. The lowest BCUT2D eigenvalue weighted by atomic mass is 9.76. The minimum atomic E-state index is -1.21. The smallest absolute Gasteiger partial charge is 0.251 e. The van der Waals surface area contributed by atoms with Crippen LogP contribution < -0.4 is 9.80 Å². The lowest BCUT2D eigenvalue weighted by Crippen LogP contribution is -2.47. The quantitative estimate of drug-likeness (QED) is 0.691. The fourth-order valence-corrected chi connectivity index (χ4v) is 3.59. The molecule has 2 aromatic carbocycles. The van der Waals surface area contributed by atoms with Gasteiger partial charge in [0.15, 0.2) is 5.41 Å². The first-order chi connectivity index (χ1) is 10.1. The second kappa shape index (κ2) is 3.73. The maximum absolute atomic E-state index is 13.0. The molecule has 21 heavy (non-hydrogen) atoms. The Morgan fingerprint density at radius 1 is 0.714 bits per heavy atom. The zero-order valence-electron chi connectivity index (χ0n) is 11.8. The van der Waals surface area contributed by atoms with E-state index in [1.54, 1.807) is 23.9 Å². The zero-order chi connectivity index (χ0) is 14.8. The van der Waals surface area contributed by atoms with Crippen molar-refractivity contribution in [3.8, 4) is 0 Å². The van der Waals surface area contributed by atoms with Crippen molar-refractivity contribution in [1.29, 1.82) is 0 Å². The molecule has 0 unspecified atom stereocenters. The van der Waals surface area contributed by atoms with Crippen molar-refractivity contribution in [3.63, 3.8) is 0 Å². The second-order valence-electron chi connectivity index (χ2n) is 5.51. The maximum Gasteiger partial charge on any atom is 0.251 e. The van der Waals surface area contributed by atoms with Crippen molar-refractivity contribution in [2.75, 3.05) is 23.9 Å². The Labute approximate surface area is 122 Å². The van der Waals surface area contributed by atoms with E-state index < -0.39 is 5.41 Å². The first-order valence-electron chi connectivity index (χ1n) is 6.85. The van der Waals surface area contributed by atoms with Crippen LogP contribution >= 0.6 is 0 Å². The number of nitrogens with zero attached hydrogens (tertiary/aromatic N) is 2. The van der Waals surface area contributed by atoms with Crippen LogP contribution in [0.25, 0.3) is 0 Å². The van der Waals surface area contributed by atoms with Gasteiger partial charge in [0.1, 0.15) is 0 Å². The predicted molar refractivity (Wildman–Crippen MR) is 80.5 cm³/mol. The van der Waals surface area contributed by atoms with Crippen molar-refractivity contribution in [2.24, 2.45) is 0 Å². The van der Waals surface area contributed by atoms with E-state index in [9.17, 15) is 9.59 Å². The minimum absolute atomic E-state index is 0.175. The van der Waals surface area contributed by atoms with Gasteiger partial charge in [-0.25, -0.2) is 0 Å². The van der Waals surface area contributed by atoms with Gasteiger partial charge in [0.05, 0.1) is 0 Å². The molecule has 2 aliphatic rings. The third kappa shape index (κ3) is 1.17. The number of rotatable bonds is 0. The number of carbonyl (C=O) groups is 2. The summed E-state index contributed by atoms with van der Waals surface area (Å²) in [5.41, 5.74) is 1.96. The van der Waals surface area contributed by atoms with Gasteiger partial charge in [-0.3, -0.25) is 9.59 Å². The van der Waals surface area contributed by atoms with Crippen LogP contribution in [0, 0.1) is 0 Å². The lowest BCUT2D eigenvalue weighted by Gasteiger charge is -2.21. The third-order valence-corrected chi connectivity index (χ3v) is 4.59. The number of hydrogen-bond acceptors (Lipinski definition) is 2. The standard InChI is InChI=1S/C17H14N2O2/c1-18-13-9-5-3-7-11(13)17(15(18)20)12-8-4-6-10-14(12)19(2)16(17)21/h3-10H,1-2H3. The van der Waals surface area contributed by atoms with E-state index in [0.29, 0.717) is 0 Å². The molecule has 0 N–H and O–H groups in total. The summed E-state index contributed by atoms with van der Waals surface area (Å²) in [6, 6.07) is 15.1. The highest BCUT2D eigenvalue weighted by atomic mass is 16.2. The Morgan fingerprint density at radius 2 is 1.10 bits per heavy atom. The number of carbonyl (C=O) groups excluding carboxylic acids is 2. The number of likely N-dealkylation sites (N-methyl/N-ethyl adjacent to an activating group) is 2. The van der Waals surface area contributed by atoms with Gasteiger partial charge < -0.3 is 9.80 Å². The Bertz CT molecular complexity index is 729. The van der Waals surface area contributed by atoms with E-state index in [2.05, 4.69) is 0 Å². The first-order valence-corrected chi connectivity index (χ1v) is 6.85. The van der Waals surface area contributed by atoms with E-state index in [-0.39, 0.29) is 11.8 Å². The van der Waals surface area contributed by atoms with E-state index in [1.165, 1.54) is 0 Å². The SMILES string of the molecule is CN1C(=O)C2(C(=O)N(C)c3ccccc32)c2ccccc21. The highest BCUT2D eigenvalue weighted by Crippen LogP contribution is 2.52. The molecule has 4 rings (SSSR count). The maximum atomic E-state index is 13.0. The van der Waals surface area contributed by atoms with Gasteiger partial charge in [-0.05, 0) is 12.1 Å². The van der Waals surface area contributed by atoms with Gasteiger partial charge in [-0.2, -0.15) is 0 Å². The van der Waals surface area contributed by atoms with Gasteiger partial charge in [-0.1, -0.05) is 36.4 Å². The van der Waals surface area contributed by atoms with E-state index >= 15 is 0 Å². The summed E-state index contributed by atoms with van der Waals surface area (Å²) in [4.78, 5) is 29.1. The molecule has 0 radical (unpaired) electrons. The molecule has 4 heteroatoms. The highest BCUT2D eigenvalue weighted by Gasteiger charge is 2.62. The second-order valence-corrected chi connectivity index (χ2v) is 5.51. The molecule has 2 amide bonds. The topological polar surface area (TPSA) is 40.6 Å². The molecule has 1 spiro atoms. The molecule has 0 fully saturated rings. The molecule has 104 valence electrons. The van der Waals surface area contributed by atoms with Crippen LogP contribution in [-0.4, -0.2) is 25.9 Å². The Hall–Kier alpha value is -2.62. The summed E-state index contributed by atoms with van der Waals surface area (Å²) < 4.78 is 0. The van der Waals surface area contributed by atoms with Gasteiger partial charge in [0, 0.05) is 36.6 Å². The van der Waals surface area contributed by atoms with Crippen LogP contribution in [0.5, 0.6) is 0 Å². The number of fused-ring (bicyclic) bond motifs is 4. The number of benzene rings is 2. The zero-order valence-corrected chi connectivity index (χ0v) is 11.8. The monoisotopic (exact) mass is 278 g/mol. The number of hydrogen-bond donors (Lipinski definition) is 0. The molecule has 4 nitrogen and oxygen atoms in total. The fourth-order valence-electron chi connectivity index (χ4n) is 3.59. The molecule has 0 bridgehead atoms. The van der Waals surface area contributed by atoms with Crippen molar-refractivity contribution in [3.05, 3.63) is 59.7 Å². The van der Waals surface area contributed by atoms with Crippen molar-refractivity contribution >= 4 is 23.2 Å². The van der Waals surface area contributed by atoms with Gasteiger partial charge in [-0.15, -0.1) is 0 Å². The molecular weight excluding hydrogens is 264 g/mol. The van der Waals surface area contributed by atoms with Gasteiger partial charge >= 0.3 is 0 Å². The number of anilines is 2. The van der Waals surface area contributed by atoms with Crippen LogP contribution in [0.4, 0.5) is 11.4 Å². The molecule has 2 aromatic rings. The average molecular weight is 278 g/mol. The van der Waals surface area contributed by atoms with Gasteiger partial charge in [0.2, 0.25) is 0 Å². The van der Waals surface area contributed by atoms with Crippen molar-refractivity contribution in [1.82, 2.24) is 0 Å².